The first-order chi connectivity index (χ1) is 14.7. The second-order valence-electron chi connectivity index (χ2n) is 7.57. The van der Waals surface area contributed by atoms with Gasteiger partial charge < -0.3 is 20.7 Å². The van der Waals surface area contributed by atoms with Crippen LogP contribution in [0.1, 0.15) is 43.7 Å². The lowest BCUT2D eigenvalue weighted by atomic mass is 10.1. The molecule has 2 aromatic rings. The van der Waals surface area contributed by atoms with Crippen molar-refractivity contribution in [2.24, 2.45) is 10.9 Å². The SMILES string of the molecule is CCNC(=NCc1cccc(NC(=O)C2CCCC2)c1)NCc1cccc(OC)c1. The quantitative estimate of drug-likeness (QED) is 0.454. The zero-order chi connectivity index (χ0) is 21.2. The van der Waals surface area contributed by atoms with Crippen LogP contribution in [0.15, 0.2) is 53.5 Å². The molecule has 0 atom stereocenters. The van der Waals surface area contributed by atoms with E-state index in [4.69, 9.17) is 4.74 Å². The minimum absolute atomic E-state index is 0.140. The van der Waals surface area contributed by atoms with Gasteiger partial charge in [-0.3, -0.25) is 4.79 Å². The molecule has 0 radical (unpaired) electrons. The van der Waals surface area contributed by atoms with Gasteiger partial charge in [0.2, 0.25) is 5.91 Å². The average Bonchev–Trinajstić information content (AvgIpc) is 3.31. The lowest BCUT2D eigenvalue weighted by Crippen LogP contribution is -2.36. The van der Waals surface area contributed by atoms with Crippen molar-refractivity contribution in [2.75, 3.05) is 19.0 Å². The van der Waals surface area contributed by atoms with E-state index < -0.39 is 0 Å². The molecule has 1 fully saturated rings. The van der Waals surface area contributed by atoms with Gasteiger partial charge in [0.1, 0.15) is 5.75 Å². The number of nitrogens with one attached hydrogen (secondary N) is 3. The summed E-state index contributed by atoms with van der Waals surface area (Å²) in [4.78, 5) is 17.1. The molecule has 3 rings (SSSR count). The number of carbonyl (C=O) groups is 1. The van der Waals surface area contributed by atoms with Crippen LogP contribution in [0, 0.1) is 5.92 Å². The lowest BCUT2D eigenvalue weighted by molar-refractivity contribution is -0.119. The monoisotopic (exact) mass is 408 g/mol. The largest absolute Gasteiger partial charge is 0.497 e. The van der Waals surface area contributed by atoms with Gasteiger partial charge in [0.15, 0.2) is 5.96 Å². The number of benzene rings is 2. The van der Waals surface area contributed by atoms with Crippen LogP contribution in [0.25, 0.3) is 0 Å². The van der Waals surface area contributed by atoms with E-state index >= 15 is 0 Å². The van der Waals surface area contributed by atoms with Gasteiger partial charge in [-0.05, 0) is 55.2 Å². The van der Waals surface area contributed by atoms with Gasteiger partial charge in [-0.1, -0.05) is 37.1 Å². The summed E-state index contributed by atoms with van der Waals surface area (Å²) < 4.78 is 5.28. The lowest BCUT2D eigenvalue weighted by Gasteiger charge is -2.13. The van der Waals surface area contributed by atoms with Crippen molar-refractivity contribution in [1.29, 1.82) is 0 Å². The highest BCUT2D eigenvalue weighted by molar-refractivity contribution is 5.92. The Morgan fingerprint density at radius 3 is 2.60 bits per heavy atom. The molecule has 1 amide bonds. The Bertz CT molecular complexity index is 860. The molecule has 3 N–H and O–H groups in total. The predicted octanol–water partition coefficient (Wildman–Crippen LogP) is 4.08. The van der Waals surface area contributed by atoms with Gasteiger partial charge >= 0.3 is 0 Å². The first kappa shape index (κ1) is 21.7. The Morgan fingerprint density at radius 1 is 1.07 bits per heavy atom. The van der Waals surface area contributed by atoms with Gasteiger partial charge in [0, 0.05) is 24.7 Å². The number of ether oxygens (including phenoxy) is 1. The molecule has 0 spiro atoms. The van der Waals surface area contributed by atoms with Crippen LogP contribution in [0.4, 0.5) is 5.69 Å². The summed E-state index contributed by atoms with van der Waals surface area (Å²) in [6, 6.07) is 15.9. The van der Waals surface area contributed by atoms with Crippen molar-refractivity contribution in [3.05, 3.63) is 59.7 Å². The number of guanidine groups is 1. The average molecular weight is 409 g/mol. The van der Waals surface area contributed by atoms with E-state index in [1.54, 1.807) is 7.11 Å². The molecule has 0 aromatic heterocycles. The number of nitrogens with zero attached hydrogens (tertiary/aromatic N) is 1. The number of aliphatic imine (C=N–C) groups is 1. The van der Waals surface area contributed by atoms with Crippen LogP contribution in [0.5, 0.6) is 5.75 Å². The molecular weight excluding hydrogens is 376 g/mol. The maximum atomic E-state index is 12.4. The maximum absolute atomic E-state index is 12.4. The first-order valence-electron chi connectivity index (χ1n) is 10.7. The van der Waals surface area contributed by atoms with Crippen LogP contribution < -0.4 is 20.7 Å². The molecule has 2 aromatic carbocycles. The van der Waals surface area contributed by atoms with Crippen LogP contribution >= 0.6 is 0 Å². The minimum atomic E-state index is 0.140. The molecule has 1 aliphatic rings. The molecule has 6 heteroatoms. The fraction of sp³-hybridized carbons (Fsp3) is 0.417. The van der Waals surface area contributed by atoms with Crippen LogP contribution in [0.3, 0.4) is 0 Å². The standard InChI is InChI=1S/C24H32N4O2/c1-3-25-24(27-17-19-9-7-13-22(15-19)30-2)26-16-18-8-6-12-21(14-18)28-23(29)20-10-4-5-11-20/h6-9,12-15,20H,3-5,10-11,16-17H2,1-2H3,(H,28,29)(H2,25,26,27). The third-order valence-corrected chi connectivity index (χ3v) is 5.28. The van der Waals surface area contributed by atoms with Gasteiger partial charge in [0.25, 0.3) is 0 Å². The van der Waals surface area contributed by atoms with Crippen molar-refractivity contribution in [2.45, 2.75) is 45.7 Å². The Hall–Kier alpha value is -3.02. The summed E-state index contributed by atoms with van der Waals surface area (Å²) in [6.07, 6.45) is 4.31. The van der Waals surface area contributed by atoms with Crippen molar-refractivity contribution in [3.8, 4) is 5.75 Å². The Labute approximate surface area is 179 Å². The number of rotatable bonds is 8. The number of anilines is 1. The number of carbonyl (C=O) groups excluding carboxylic acids is 1. The normalized spacial score (nSPS) is 14.4. The highest BCUT2D eigenvalue weighted by Crippen LogP contribution is 2.26. The molecule has 6 nitrogen and oxygen atoms in total. The van der Waals surface area contributed by atoms with Crippen molar-refractivity contribution in [3.63, 3.8) is 0 Å². The zero-order valence-electron chi connectivity index (χ0n) is 17.9. The van der Waals surface area contributed by atoms with Gasteiger partial charge in [-0.2, -0.15) is 0 Å². The van der Waals surface area contributed by atoms with Crippen LogP contribution in [0.2, 0.25) is 0 Å². The summed E-state index contributed by atoms with van der Waals surface area (Å²) >= 11 is 0. The summed E-state index contributed by atoms with van der Waals surface area (Å²) in [7, 11) is 1.67. The number of methoxy groups -OCH3 is 1. The second-order valence-corrected chi connectivity index (χ2v) is 7.57. The van der Waals surface area contributed by atoms with Crippen molar-refractivity contribution in [1.82, 2.24) is 10.6 Å². The maximum Gasteiger partial charge on any atom is 0.227 e. The summed E-state index contributed by atoms with van der Waals surface area (Å²) in [5.74, 6) is 1.89. The summed E-state index contributed by atoms with van der Waals surface area (Å²) in [5.41, 5.74) is 3.02. The zero-order valence-corrected chi connectivity index (χ0v) is 17.9. The summed E-state index contributed by atoms with van der Waals surface area (Å²) in [6.45, 7) is 4.00. The van der Waals surface area contributed by atoms with Crippen molar-refractivity contribution < 1.29 is 9.53 Å². The molecule has 0 unspecified atom stereocenters. The fourth-order valence-electron chi connectivity index (χ4n) is 3.66. The topological polar surface area (TPSA) is 74.8 Å². The highest BCUT2D eigenvalue weighted by atomic mass is 16.5. The molecule has 0 bridgehead atoms. The van der Waals surface area contributed by atoms with Gasteiger partial charge in [0.05, 0.1) is 13.7 Å². The van der Waals surface area contributed by atoms with Crippen LogP contribution in [-0.4, -0.2) is 25.5 Å². The van der Waals surface area contributed by atoms with Crippen molar-refractivity contribution >= 4 is 17.6 Å². The van der Waals surface area contributed by atoms with Crippen LogP contribution in [-0.2, 0) is 17.9 Å². The molecule has 160 valence electrons. The molecule has 0 aliphatic heterocycles. The number of hydrogen-bond acceptors (Lipinski definition) is 3. The van der Waals surface area contributed by atoms with E-state index in [1.165, 1.54) is 0 Å². The third kappa shape index (κ3) is 6.51. The molecule has 30 heavy (non-hydrogen) atoms. The molecule has 1 saturated carbocycles. The number of hydrogen-bond donors (Lipinski definition) is 3. The predicted molar refractivity (Wildman–Crippen MR) is 122 cm³/mol. The van der Waals surface area contributed by atoms with E-state index in [1.807, 2.05) is 49.4 Å². The van der Waals surface area contributed by atoms with E-state index in [0.29, 0.717) is 13.1 Å². The van der Waals surface area contributed by atoms with Gasteiger partial charge in [-0.15, -0.1) is 0 Å². The van der Waals surface area contributed by atoms with E-state index in [0.717, 1.165) is 60.8 Å². The number of amides is 1. The second kappa shape index (κ2) is 11.2. The Balaban J connectivity index is 1.58. The Kier molecular flexibility index (Phi) is 8.12. The molecule has 0 heterocycles. The smallest absolute Gasteiger partial charge is 0.227 e. The molecular formula is C24H32N4O2. The Morgan fingerprint density at radius 2 is 1.83 bits per heavy atom. The summed E-state index contributed by atoms with van der Waals surface area (Å²) in [5, 5.41) is 9.69. The molecule has 0 saturated heterocycles. The van der Waals surface area contributed by atoms with E-state index in [-0.39, 0.29) is 11.8 Å². The fourth-order valence-corrected chi connectivity index (χ4v) is 3.66. The molecule has 1 aliphatic carbocycles. The minimum Gasteiger partial charge on any atom is -0.497 e. The van der Waals surface area contributed by atoms with E-state index in [9.17, 15) is 4.79 Å². The highest BCUT2D eigenvalue weighted by Gasteiger charge is 2.22. The third-order valence-electron chi connectivity index (χ3n) is 5.28. The van der Waals surface area contributed by atoms with Gasteiger partial charge in [-0.25, -0.2) is 4.99 Å². The van der Waals surface area contributed by atoms with E-state index in [2.05, 4.69) is 27.0 Å². The first-order valence-corrected chi connectivity index (χ1v) is 10.7.